The van der Waals surface area contributed by atoms with Crippen molar-refractivity contribution in [2.24, 2.45) is 0 Å². The molecule has 3 heteroatoms. The third-order valence-corrected chi connectivity index (χ3v) is 3.78. The summed E-state index contributed by atoms with van der Waals surface area (Å²) < 4.78 is 5.77. The molecule has 1 aromatic rings. The first-order chi connectivity index (χ1) is 8.66. The van der Waals surface area contributed by atoms with Gasteiger partial charge in [-0.3, -0.25) is 4.90 Å². The molecule has 1 aliphatic heterocycles. The van der Waals surface area contributed by atoms with E-state index in [4.69, 9.17) is 4.74 Å². The molecular weight excluding hydrogens is 226 g/mol. The molecule has 1 N–H and O–H groups in total. The number of hydrogen-bond acceptors (Lipinski definition) is 3. The molecule has 2 rings (SSSR count). The van der Waals surface area contributed by atoms with Gasteiger partial charge in [0, 0.05) is 19.2 Å². The summed E-state index contributed by atoms with van der Waals surface area (Å²) in [6, 6.07) is 7.79. The Morgan fingerprint density at radius 2 is 2.28 bits per heavy atom. The van der Waals surface area contributed by atoms with E-state index in [1.165, 1.54) is 12.8 Å². The Bertz CT molecular complexity index is 375. The van der Waals surface area contributed by atoms with Gasteiger partial charge in [0.25, 0.3) is 0 Å². The van der Waals surface area contributed by atoms with Crippen molar-refractivity contribution in [3.63, 3.8) is 0 Å². The van der Waals surface area contributed by atoms with Crippen LogP contribution in [-0.2, 0) is 4.74 Å². The lowest BCUT2D eigenvalue weighted by Gasteiger charge is -2.31. The minimum atomic E-state index is 0.294. The van der Waals surface area contributed by atoms with Crippen molar-refractivity contribution >= 4 is 0 Å². The third kappa shape index (κ3) is 3.47. The first-order valence-electron chi connectivity index (χ1n) is 6.77. The summed E-state index contributed by atoms with van der Waals surface area (Å²) in [6.45, 7) is 4.02. The average molecular weight is 249 g/mol. The number of likely N-dealkylation sites (N-methyl/N-ethyl adjacent to an activating group) is 1. The smallest absolute Gasteiger partial charge is 0.115 e. The van der Waals surface area contributed by atoms with Gasteiger partial charge < -0.3 is 9.84 Å². The van der Waals surface area contributed by atoms with E-state index in [-0.39, 0.29) is 0 Å². The van der Waals surface area contributed by atoms with Crippen molar-refractivity contribution in [3.8, 4) is 5.75 Å². The summed E-state index contributed by atoms with van der Waals surface area (Å²) in [7, 11) is 2.12. The second kappa shape index (κ2) is 6.21. The molecule has 1 aliphatic rings. The number of rotatable bonds is 4. The highest BCUT2D eigenvalue weighted by atomic mass is 16.5. The zero-order valence-electron chi connectivity index (χ0n) is 11.3. The van der Waals surface area contributed by atoms with E-state index < -0.39 is 0 Å². The van der Waals surface area contributed by atoms with Crippen LogP contribution in [0.4, 0.5) is 0 Å². The SMILES string of the molecule is CC(c1cccc(O)c1)N(C)CC1CCCCO1. The van der Waals surface area contributed by atoms with Crippen molar-refractivity contribution in [1.29, 1.82) is 0 Å². The number of phenols is 1. The number of nitrogens with zero attached hydrogens (tertiary/aromatic N) is 1. The molecule has 2 atom stereocenters. The summed E-state index contributed by atoms with van der Waals surface area (Å²) in [5.41, 5.74) is 1.15. The van der Waals surface area contributed by atoms with Gasteiger partial charge in [-0.1, -0.05) is 12.1 Å². The number of hydrogen-bond donors (Lipinski definition) is 1. The van der Waals surface area contributed by atoms with Crippen LogP contribution in [0, 0.1) is 0 Å². The monoisotopic (exact) mass is 249 g/mol. The lowest BCUT2D eigenvalue weighted by Crippen LogP contribution is -2.34. The molecule has 1 aromatic carbocycles. The molecule has 0 spiro atoms. The Morgan fingerprint density at radius 1 is 1.44 bits per heavy atom. The molecule has 0 aromatic heterocycles. The molecule has 1 heterocycles. The molecule has 1 saturated heterocycles. The molecule has 0 saturated carbocycles. The van der Waals surface area contributed by atoms with Gasteiger partial charge in [0.15, 0.2) is 0 Å². The number of benzene rings is 1. The largest absolute Gasteiger partial charge is 0.508 e. The van der Waals surface area contributed by atoms with Crippen LogP contribution in [0.15, 0.2) is 24.3 Å². The van der Waals surface area contributed by atoms with Gasteiger partial charge in [0.2, 0.25) is 0 Å². The number of aromatic hydroxyl groups is 1. The third-order valence-electron chi connectivity index (χ3n) is 3.78. The standard InChI is InChI=1S/C15H23NO2/c1-12(13-6-5-7-14(17)10-13)16(2)11-15-8-3-4-9-18-15/h5-7,10,12,15,17H,3-4,8-9,11H2,1-2H3. The second-order valence-electron chi connectivity index (χ2n) is 5.20. The maximum absolute atomic E-state index is 9.52. The van der Waals surface area contributed by atoms with Crippen LogP contribution in [0.2, 0.25) is 0 Å². The summed E-state index contributed by atoms with van der Waals surface area (Å²) in [6.07, 6.45) is 4.00. The Kier molecular flexibility index (Phi) is 4.61. The van der Waals surface area contributed by atoms with Crippen LogP contribution in [0.1, 0.15) is 37.8 Å². The van der Waals surface area contributed by atoms with E-state index in [0.29, 0.717) is 17.9 Å². The predicted octanol–water partition coefficient (Wildman–Crippen LogP) is 2.95. The zero-order chi connectivity index (χ0) is 13.0. The van der Waals surface area contributed by atoms with Crippen molar-refractivity contribution in [2.45, 2.75) is 38.3 Å². The summed E-state index contributed by atoms with van der Waals surface area (Å²) in [4.78, 5) is 2.30. The van der Waals surface area contributed by atoms with E-state index in [1.54, 1.807) is 6.07 Å². The van der Waals surface area contributed by atoms with Gasteiger partial charge in [0.05, 0.1) is 6.10 Å². The van der Waals surface area contributed by atoms with Crippen molar-refractivity contribution in [2.75, 3.05) is 20.2 Å². The number of phenolic OH excluding ortho intramolecular Hbond substituents is 1. The van der Waals surface area contributed by atoms with Crippen LogP contribution in [0.3, 0.4) is 0 Å². The topological polar surface area (TPSA) is 32.7 Å². The van der Waals surface area contributed by atoms with E-state index in [9.17, 15) is 5.11 Å². The minimum absolute atomic E-state index is 0.294. The van der Waals surface area contributed by atoms with E-state index in [2.05, 4.69) is 24.9 Å². The highest BCUT2D eigenvalue weighted by Crippen LogP contribution is 2.23. The fourth-order valence-electron chi connectivity index (χ4n) is 2.47. The maximum atomic E-state index is 9.52. The molecule has 100 valence electrons. The highest BCUT2D eigenvalue weighted by molar-refractivity contribution is 5.29. The van der Waals surface area contributed by atoms with Crippen LogP contribution in [0.5, 0.6) is 5.75 Å². The molecule has 3 nitrogen and oxygen atoms in total. The first kappa shape index (κ1) is 13.4. The molecule has 1 fully saturated rings. The van der Waals surface area contributed by atoms with Crippen molar-refractivity contribution < 1.29 is 9.84 Å². The van der Waals surface area contributed by atoms with Gasteiger partial charge in [-0.05, 0) is 50.9 Å². The summed E-state index contributed by atoms with van der Waals surface area (Å²) >= 11 is 0. The first-order valence-corrected chi connectivity index (χ1v) is 6.77. The Hall–Kier alpha value is -1.06. The fourth-order valence-corrected chi connectivity index (χ4v) is 2.47. The summed E-state index contributed by atoms with van der Waals surface area (Å²) in [5, 5.41) is 9.52. The summed E-state index contributed by atoms with van der Waals surface area (Å²) in [5.74, 6) is 0.335. The molecule has 0 radical (unpaired) electrons. The van der Waals surface area contributed by atoms with Gasteiger partial charge in [-0.15, -0.1) is 0 Å². The van der Waals surface area contributed by atoms with Gasteiger partial charge >= 0.3 is 0 Å². The second-order valence-corrected chi connectivity index (χ2v) is 5.20. The van der Waals surface area contributed by atoms with Gasteiger partial charge in [0.1, 0.15) is 5.75 Å². The van der Waals surface area contributed by atoms with E-state index >= 15 is 0 Å². The van der Waals surface area contributed by atoms with Crippen molar-refractivity contribution in [1.82, 2.24) is 4.90 Å². The Morgan fingerprint density at radius 3 is 2.94 bits per heavy atom. The van der Waals surface area contributed by atoms with Crippen LogP contribution >= 0.6 is 0 Å². The van der Waals surface area contributed by atoms with Crippen LogP contribution in [-0.4, -0.2) is 36.3 Å². The molecule has 2 unspecified atom stereocenters. The lowest BCUT2D eigenvalue weighted by atomic mass is 10.0. The highest BCUT2D eigenvalue weighted by Gasteiger charge is 2.19. The lowest BCUT2D eigenvalue weighted by molar-refractivity contribution is -0.00715. The van der Waals surface area contributed by atoms with Crippen LogP contribution in [0.25, 0.3) is 0 Å². The van der Waals surface area contributed by atoms with Gasteiger partial charge in [-0.25, -0.2) is 0 Å². The molecule has 0 amide bonds. The van der Waals surface area contributed by atoms with E-state index in [0.717, 1.165) is 25.1 Å². The quantitative estimate of drug-likeness (QED) is 0.890. The Balaban J connectivity index is 1.93. The predicted molar refractivity (Wildman–Crippen MR) is 72.7 cm³/mol. The van der Waals surface area contributed by atoms with E-state index in [1.807, 2.05) is 12.1 Å². The van der Waals surface area contributed by atoms with Crippen LogP contribution < -0.4 is 0 Å². The Labute approximate surface area is 109 Å². The average Bonchev–Trinajstić information content (AvgIpc) is 2.39. The molecule has 0 bridgehead atoms. The molecule has 18 heavy (non-hydrogen) atoms. The molecular formula is C15H23NO2. The fraction of sp³-hybridized carbons (Fsp3) is 0.600. The maximum Gasteiger partial charge on any atom is 0.115 e. The van der Waals surface area contributed by atoms with Gasteiger partial charge in [-0.2, -0.15) is 0 Å². The normalized spacial score (nSPS) is 22.1. The zero-order valence-corrected chi connectivity index (χ0v) is 11.3. The van der Waals surface area contributed by atoms with Crippen molar-refractivity contribution in [3.05, 3.63) is 29.8 Å². The minimum Gasteiger partial charge on any atom is -0.508 e. The number of ether oxygens (including phenoxy) is 1. The molecule has 0 aliphatic carbocycles.